The molecule has 0 fully saturated rings. The Hall–Kier alpha value is -2.09. The summed E-state index contributed by atoms with van der Waals surface area (Å²) in [5, 5.41) is 0. The number of pyridine rings is 1. The van der Waals surface area contributed by atoms with Gasteiger partial charge in [0.25, 0.3) is 0 Å². The van der Waals surface area contributed by atoms with E-state index >= 15 is 0 Å². The third-order valence-electron chi connectivity index (χ3n) is 3.02. The Morgan fingerprint density at radius 1 is 1.00 bits per heavy atom. The van der Waals surface area contributed by atoms with Gasteiger partial charge in [-0.15, -0.1) is 0 Å². The predicted molar refractivity (Wildman–Crippen MR) is 69.2 cm³/mol. The lowest BCUT2D eigenvalue weighted by atomic mass is 10.1. The highest BCUT2D eigenvalue weighted by atomic mass is 15.0. The van der Waals surface area contributed by atoms with E-state index in [0.717, 1.165) is 17.8 Å². The highest BCUT2D eigenvalue weighted by Gasteiger charge is 2.01. The lowest BCUT2D eigenvalue weighted by molar-refractivity contribution is 1.02. The van der Waals surface area contributed by atoms with E-state index in [2.05, 4.69) is 52.0 Å². The van der Waals surface area contributed by atoms with Crippen LogP contribution in [0.15, 0.2) is 54.9 Å². The molecule has 0 bridgehead atoms. The first kappa shape index (κ1) is 10.1. The van der Waals surface area contributed by atoms with Crippen molar-refractivity contribution in [2.24, 2.45) is 0 Å². The summed E-state index contributed by atoms with van der Waals surface area (Å²) in [5.74, 6) is 1.04. The average Bonchev–Trinajstić information content (AvgIpc) is 2.73. The van der Waals surface area contributed by atoms with Gasteiger partial charge in [0.1, 0.15) is 5.82 Å². The first-order valence-corrected chi connectivity index (χ1v) is 5.79. The molecule has 2 nitrogen and oxygen atoms in total. The normalized spacial score (nSPS) is 10.9. The van der Waals surface area contributed by atoms with Crippen LogP contribution in [-0.2, 0) is 6.42 Å². The molecule has 0 aliphatic carbocycles. The number of aryl methyl sites for hydroxylation is 1. The van der Waals surface area contributed by atoms with Crippen molar-refractivity contribution in [3.8, 4) is 0 Å². The van der Waals surface area contributed by atoms with Gasteiger partial charge in [0, 0.05) is 6.20 Å². The number of nitrogens with zero attached hydrogens (tertiary/aromatic N) is 2. The first-order valence-electron chi connectivity index (χ1n) is 5.79. The second-order valence-corrected chi connectivity index (χ2v) is 4.30. The molecule has 17 heavy (non-hydrogen) atoms. The number of rotatable bonds is 2. The fraction of sp³-hybridized carbons (Fsp3) is 0.133. The van der Waals surface area contributed by atoms with E-state index in [1.54, 1.807) is 0 Å². The summed E-state index contributed by atoms with van der Waals surface area (Å²) in [7, 11) is 0. The van der Waals surface area contributed by atoms with Gasteiger partial charge in [-0.25, -0.2) is 4.98 Å². The monoisotopic (exact) mass is 222 g/mol. The van der Waals surface area contributed by atoms with Gasteiger partial charge in [0.2, 0.25) is 0 Å². The molecule has 0 aliphatic rings. The van der Waals surface area contributed by atoms with Crippen LogP contribution in [0.3, 0.4) is 0 Å². The summed E-state index contributed by atoms with van der Waals surface area (Å²) in [6, 6.07) is 14.8. The second-order valence-electron chi connectivity index (χ2n) is 4.30. The molecule has 0 saturated carbocycles. The van der Waals surface area contributed by atoms with Crippen LogP contribution < -0.4 is 0 Å². The van der Waals surface area contributed by atoms with Crippen LogP contribution in [-0.4, -0.2) is 9.38 Å². The zero-order valence-corrected chi connectivity index (χ0v) is 9.80. The maximum atomic E-state index is 4.31. The van der Waals surface area contributed by atoms with E-state index in [-0.39, 0.29) is 0 Å². The molecule has 0 spiro atoms. The fourth-order valence-electron chi connectivity index (χ4n) is 2.10. The highest BCUT2D eigenvalue weighted by molar-refractivity contribution is 5.47. The van der Waals surface area contributed by atoms with E-state index in [1.807, 2.05) is 19.2 Å². The summed E-state index contributed by atoms with van der Waals surface area (Å²) in [5.41, 5.74) is 3.80. The molecule has 0 radical (unpaired) electrons. The SMILES string of the molecule is Cc1ncc2ccc(Cc3ccccc3)cn12. The number of hydrogen-bond acceptors (Lipinski definition) is 1. The van der Waals surface area contributed by atoms with Crippen molar-refractivity contribution in [2.45, 2.75) is 13.3 Å². The van der Waals surface area contributed by atoms with Crippen molar-refractivity contribution in [3.05, 3.63) is 71.8 Å². The number of fused-ring (bicyclic) bond motifs is 1. The van der Waals surface area contributed by atoms with Gasteiger partial charge in [0.15, 0.2) is 0 Å². The molecular formula is C15H14N2. The number of hydrogen-bond donors (Lipinski definition) is 0. The molecule has 0 N–H and O–H groups in total. The first-order chi connectivity index (χ1) is 8.33. The van der Waals surface area contributed by atoms with Crippen LogP contribution in [0.4, 0.5) is 0 Å². The Kier molecular flexibility index (Phi) is 2.41. The Bertz CT molecular complexity index is 638. The standard InChI is InChI=1S/C15H14N2/c1-12-16-10-15-8-7-14(11-17(12)15)9-13-5-3-2-4-6-13/h2-8,10-11H,9H2,1H3. The van der Waals surface area contributed by atoms with Crippen molar-refractivity contribution < 1.29 is 0 Å². The van der Waals surface area contributed by atoms with Crippen LogP contribution in [0.2, 0.25) is 0 Å². The van der Waals surface area contributed by atoms with Crippen molar-refractivity contribution in [1.82, 2.24) is 9.38 Å². The summed E-state index contributed by atoms with van der Waals surface area (Å²) in [4.78, 5) is 4.31. The van der Waals surface area contributed by atoms with Crippen molar-refractivity contribution in [1.29, 1.82) is 0 Å². The lowest BCUT2D eigenvalue weighted by Crippen LogP contribution is -1.93. The second kappa shape index (κ2) is 4.06. The number of imidazole rings is 1. The zero-order valence-electron chi connectivity index (χ0n) is 9.80. The molecule has 0 saturated heterocycles. The van der Waals surface area contributed by atoms with E-state index in [4.69, 9.17) is 0 Å². The van der Waals surface area contributed by atoms with E-state index in [9.17, 15) is 0 Å². The Balaban J connectivity index is 1.98. The molecule has 0 aliphatic heterocycles. The largest absolute Gasteiger partial charge is 0.304 e. The minimum absolute atomic E-state index is 0.967. The Morgan fingerprint density at radius 3 is 2.65 bits per heavy atom. The van der Waals surface area contributed by atoms with Gasteiger partial charge in [-0.05, 0) is 30.5 Å². The molecule has 2 heteroatoms. The summed E-state index contributed by atoms with van der Waals surface area (Å²) in [6.45, 7) is 2.03. The molecule has 0 unspecified atom stereocenters. The quantitative estimate of drug-likeness (QED) is 0.650. The van der Waals surface area contributed by atoms with Crippen LogP contribution in [0.1, 0.15) is 17.0 Å². The number of benzene rings is 1. The Labute approximate surface area is 101 Å². The zero-order chi connectivity index (χ0) is 11.7. The third kappa shape index (κ3) is 1.94. The van der Waals surface area contributed by atoms with Gasteiger partial charge < -0.3 is 4.40 Å². The van der Waals surface area contributed by atoms with Crippen molar-refractivity contribution in [3.63, 3.8) is 0 Å². The summed E-state index contributed by atoms with van der Waals surface area (Å²) in [6.07, 6.45) is 5.04. The summed E-state index contributed by atoms with van der Waals surface area (Å²) >= 11 is 0. The molecule has 84 valence electrons. The molecule has 2 aromatic heterocycles. The predicted octanol–water partition coefficient (Wildman–Crippen LogP) is 3.23. The van der Waals surface area contributed by atoms with Gasteiger partial charge in [0.05, 0.1) is 11.7 Å². The van der Waals surface area contributed by atoms with E-state index < -0.39 is 0 Å². The molecular weight excluding hydrogens is 208 g/mol. The van der Waals surface area contributed by atoms with Crippen LogP contribution >= 0.6 is 0 Å². The van der Waals surface area contributed by atoms with Crippen molar-refractivity contribution in [2.75, 3.05) is 0 Å². The topological polar surface area (TPSA) is 17.3 Å². The van der Waals surface area contributed by atoms with Crippen LogP contribution in [0.5, 0.6) is 0 Å². The maximum absolute atomic E-state index is 4.31. The molecule has 3 rings (SSSR count). The van der Waals surface area contributed by atoms with Crippen LogP contribution in [0.25, 0.3) is 5.52 Å². The molecule has 0 amide bonds. The van der Waals surface area contributed by atoms with Crippen LogP contribution in [0, 0.1) is 6.92 Å². The van der Waals surface area contributed by atoms with Gasteiger partial charge in [-0.2, -0.15) is 0 Å². The number of aromatic nitrogens is 2. The average molecular weight is 222 g/mol. The molecule has 0 atom stereocenters. The van der Waals surface area contributed by atoms with Gasteiger partial charge in [-0.3, -0.25) is 0 Å². The summed E-state index contributed by atoms with van der Waals surface area (Å²) < 4.78 is 2.14. The van der Waals surface area contributed by atoms with E-state index in [1.165, 1.54) is 11.1 Å². The van der Waals surface area contributed by atoms with Gasteiger partial charge in [-0.1, -0.05) is 36.4 Å². The van der Waals surface area contributed by atoms with Gasteiger partial charge >= 0.3 is 0 Å². The van der Waals surface area contributed by atoms with Crippen molar-refractivity contribution >= 4 is 5.52 Å². The lowest BCUT2D eigenvalue weighted by Gasteiger charge is -2.04. The molecule has 3 aromatic rings. The highest BCUT2D eigenvalue weighted by Crippen LogP contribution is 2.12. The molecule has 1 aromatic carbocycles. The van der Waals surface area contributed by atoms with E-state index in [0.29, 0.717) is 0 Å². The maximum Gasteiger partial charge on any atom is 0.110 e. The minimum atomic E-state index is 0.967. The molecule has 2 heterocycles. The fourth-order valence-corrected chi connectivity index (χ4v) is 2.10. The Morgan fingerprint density at radius 2 is 1.82 bits per heavy atom. The smallest absolute Gasteiger partial charge is 0.110 e. The third-order valence-corrected chi connectivity index (χ3v) is 3.02. The minimum Gasteiger partial charge on any atom is -0.304 e.